The Bertz CT molecular complexity index is 1330. The average Bonchev–Trinajstić information content (AvgIpc) is 3.40. The highest BCUT2D eigenvalue weighted by Crippen LogP contribution is 2.28. The van der Waals surface area contributed by atoms with Gasteiger partial charge in [0.05, 0.1) is 18.9 Å². The quantitative estimate of drug-likeness (QED) is 0.175. The summed E-state index contributed by atoms with van der Waals surface area (Å²) in [4.78, 5) is 24.7. The Kier molecular flexibility index (Phi) is 7.05. The highest BCUT2D eigenvalue weighted by atomic mass is 35.5. The number of ether oxygens (including phenoxy) is 2. The SMILES string of the molecule is COc1cc(C=NNC(=O)c2ccc(-n3cccc3)cc2)ccc1OC(=O)c1cccc(Cl)c1. The van der Waals surface area contributed by atoms with Crippen LogP contribution in [-0.2, 0) is 0 Å². The zero-order valence-corrected chi connectivity index (χ0v) is 18.9. The van der Waals surface area contributed by atoms with E-state index in [2.05, 4.69) is 10.5 Å². The van der Waals surface area contributed by atoms with Crippen LogP contribution in [0.5, 0.6) is 11.5 Å². The second kappa shape index (κ2) is 10.5. The Morgan fingerprint density at radius 3 is 2.38 bits per heavy atom. The number of benzene rings is 3. The maximum absolute atomic E-state index is 12.4. The van der Waals surface area contributed by atoms with Crippen molar-refractivity contribution in [1.82, 2.24) is 9.99 Å². The minimum absolute atomic E-state index is 0.247. The van der Waals surface area contributed by atoms with E-state index in [1.54, 1.807) is 48.5 Å². The molecule has 0 unspecified atom stereocenters. The lowest BCUT2D eigenvalue weighted by Gasteiger charge is -2.10. The van der Waals surface area contributed by atoms with E-state index in [0.717, 1.165) is 5.69 Å². The topological polar surface area (TPSA) is 81.9 Å². The summed E-state index contributed by atoms with van der Waals surface area (Å²) in [5, 5.41) is 4.44. The molecule has 1 heterocycles. The molecule has 8 heteroatoms. The van der Waals surface area contributed by atoms with Gasteiger partial charge < -0.3 is 14.0 Å². The van der Waals surface area contributed by atoms with Crippen molar-refractivity contribution in [3.8, 4) is 17.2 Å². The van der Waals surface area contributed by atoms with E-state index in [-0.39, 0.29) is 11.7 Å². The van der Waals surface area contributed by atoms with E-state index in [9.17, 15) is 9.59 Å². The second-order valence-electron chi connectivity index (χ2n) is 7.15. The van der Waals surface area contributed by atoms with Crippen LogP contribution in [0.25, 0.3) is 5.69 Å². The van der Waals surface area contributed by atoms with Gasteiger partial charge in [0.2, 0.25) is 0 Å². The minimum Gasteiger partial charge on any atom is -0.493 e. The van der Waals surface area contributed by atoms with E-state index in [4.69, 9.17) is 21.1 Å². The Labute approximate surface area is 201 Å². The van der Waals surface area contributed by atoms with Crippen molar-refractivity contribution in [2.75, 3.05) is 7.11 Å². The average molecular weight is 474 g/mol. The van der Waals surface area contributed by atoms with Crippen LogP contribution in [0.4, 0.5) is 0 Å². The first-order chi connectivity index (χ1) is 16.5. The molecule has 1 N–H and O–H groups in total. The van der Waals surface area contributed by atoms with E-state index in [1.807, 2.05) is 41.2 Å². The van der Waals surface area contributed by atoms with Crippen molar-refractivity contribution in [1.29, 1.82) is 0 Å². The van der Waals surface area contributed by atoms with Gasteiger partial charge in [0.25, 0.3) is 5.91 Å². The van der Waals surface area contributed by atoms with Gasteiger partial charge in [-0.2, -0.15) is 5.10 Å². The monoisotopic (exact) mass is 473 g/mol. The Morgan fingerprint density at radius 2 is 1.68 bits per heavy atom. The number of carbonyl (C=O) groups excluding carboxylic acids is 2. The normalized spacial score (nSPS) is 10.8. The fraction of sp³-hybridized carbons (Fsp3) is 0.0385. The van der Waals surface area contributed by atoms with Crippen LogP contribution in [0.15, 0.2) is 96.4 Å². The van der Waals surface area contributed by atoms with E-state index < -0.39 is 5.97 Å². The number of nitrogens with zero attached hydrogens (tertiary/aromatic N) is 2. The molecule has 4 aromatic rings. The summed E-state index contributed by atoms with van der Waals surface area (Å²) in [6, 6.07) is 22.4. The summed E-state index contributed by atoms with van der Waals surface area (Å²) in [6.07, 6.45) is 5.32. The Morgan fingerprint density at radius 1 is 0.912 bits per heavy atom. The standard InChI is InChI=1S/C26H20ClN3O4/c1-33-24-15-18(7-12-23(24)34-26(32)20-5-4-6-21(27)16-20)17-28-29-25(31)19-8-10-22(11-9-19)30-13-2-3-14-30/h2-17H,1H3,(H,29,31). The molecule has 4 rings (SSSR count). The molecule has 170 valence electrons. The molecule has 7 nitrogen and oxygen atoms in total. The largest absolute Gasteiger partial charge is 0.493 e. The summed E-state index contributed by atoms with van der Waals surface area (Å²) in [5.41, 5.74) is 4.90. The van der Waals surface area contributed by atoms with Gasteiger partial charge in [0, 0.05) is 28.7 Å². The van der Waals surface area contributed by atoms with E-state index in [0.29, 0.717) is 27.5 Å². The first-order valence-electron chi connectivity index (χ1n) is 10.3. The maximum Gasteiger partial charge on any atom is 0.343 e. The summed E-state index contributed by atoms with van der Waals surface area (Å²) >= 11 is 5.93. The van der Waals surface area contributed by atoms with Gasteiger partial charge in [0.1, 0.15) is 0 Å². The van der Waals surface area contributed by atoms with Gasteiger partial charge in [-0.25, -0.2) is 10.2 Å². The predicted octanol–water partition coefficient (Wildman–Crippen LogP) is 5.12. The summed E-state index contributed by atoms with van der Waals surface area (Å²) < 4.78 is 12.7. The van der Waals surface area contributed by atoms with Gasteiger partial charge in [-0.3, -0.25) is 4.79 Å². The summed E-state index contributed by atoms with van der Waals surface area (Å²) in [6.45, 7) is 0. The maximum atomic E-state index is 12.4. The van der Waals surface area contributed by atoms with E-state index in [1.165, 1.54) is 19.4 Å². The zero-order valence-electron chi connectivity index (χ0n) is 18.1. The molecular weight excluding hydrogens is 454 g/mol. The van der Waals surface area contributed by atoms with Crippen LogP contribution in [0.3, 0.4) is 0 Å². The lowest BCUT2D eigenvalue weighted by Crippen LogP contribution is -2.17. The number of rotatable bonds is 7. The number of hydrogen-bond donors (Lipinski definition) is 1. The number of esters is 1. The molecule has 0 bridgehead atoms. The van der Waals surface area contributed by atoms with Crippen molar-refractivity contribution in [3.05, 3.63) is 113 Å². The van der Waals surface area contributed by atoms with Gasteiger partial charge >= 0.3 is 5.97 Å². The van der Waals surface area contributed by atoms with Crippen molar-refractivity contribution < 1.29 is 19.1 Å². The molecule has 0 aliphatic heterocycles. The third-order valence-corrected chi connectivity index (χ3v) is 5.10. The van der Waals surface area contributed by atoms with Gasteiger partial charge in [-0.05, 0) is 78.4 Å². The number of hydrogen-bond acceptors (Lipinski definition) is 5. The third-order valence-electron chi connectivity index (χ3n) is 4.86. The highest BCUT2D eigenvalue weighted by Gasteiger charge is 2.13. The van der Waals surface area contributed by atoms with E-state index >= 15 is 0 Å². The molecule has 34 heavy (non-hydrogen) atoms. The fourth-order valence-corrected chi connectivity index (χ4v) is 3.33. The fourth-order valence-electron chi connectivity index (χ4n) is 3.14. The number of halogens is 1. The van der Waals surface area contributed by atoms with Crippen LogP contribution in [-0.4, -0.2) is 29.8 Å². The summed E-state index contributed by atoms with van der Waals surface area (Å²) in [7, 11) is 1.46. The highest BCUT2D eigenvalue weighted by molar-refractivity contribution is 6.30. The Hall–Kier alpha value is -4.36. The first-order valence-corrected chi connectivity index (χ1v) is 10.6. The molecule has 0 radical (unpaired) electrons. The predicted molar refractivity (Wildman–Crippen MR) is 130 cm³/mol. The minimum atomic E-state index is -0.558. The third kappa shape index (κ3) is 5.51. The first kappa shape index (κ1) is 22.8. The van der Waals surface area contributed by atoms with Crippen molar-refractivity contribution in [3.63, 3.8) is 0 Å². The zero-order chi connectivity index (χ0) is 23.9. The van der Waals surface area contributed by atoms with Crippen LogP contribution in [0.1, 0.15) is 26.3 Å². The number of aromatic nitrogens is 1. The molecule has 0 aliphatic rings. The lowest BCUT2D eigenvalue weighted by molar-refractivity contribution is 0.0729. The van der Waals surface area contributed by atoms with Crippen LogP contribution < -0.4 is 14.9 Å². The number of carbonyl (C=O) groups is 2. The van der Waals surface area contributed by atoms with Crippen molar-refractivity contribution >= 4 is 29.7 Å². The molecule has 0 fully saturated rings. The molecule has 0 aliphatic carbocycles. The smallest absolute Gasteiger partial charge is 0.343 e. The van der Waals surface area contributed by atoms with Crippen LogP contribution >= 0.6 is 11.6 Å². The molecular formula is C26H20ClN3O4. The number of amides is 1. The van der Waals surface area contributed by atoms with Gasteiger partial charge in [-0.1, -0.05) is 17.7 Å². The van der Waals surface area contributed by atoms with Crippen molar-refractivity contribution in [2.24, 2.45) is 5.10 Å². The van der Waals surface area contributed by atoms with Crippen LogP contribution in [0, 0.1) is 0 Å². The molecule has 1 aromatic heterocycles. The van der Waals surface area contributed by atoms with Crippen molar-refractivity contribution in [2.45, 2.75) is 0 Å². The van der Waals surface area contributed by atoms with Gasteiger partial charge in [-0.15, -0.1) is 0 Å². The lowest BCUT2D eigenvalue weighted by atomic mass is 10.2. The summed E-state index contributed by atoms with van der Waals surface area (Å²) in [5.74, 6) is -0.311. The molecule has 0 saturated heterocycles. The number of hydrazone groups is 1. The molecule has 1 amide bonds. The molecule has 0 atom stereocenters. The molecule has 3 aromatic carbocycles. The number of nitrogens with one attached hydrogen (secondary N) is 1. The van der Waals surface area contributed by atoms with Crippen LogP contribution in [0.2, 0.25) is 5.02 Å². The molecule has 0 spiro atoms. The number of methoxy groups -OCH3 is 1. The second-order valence-corrected chi connectivity index (χ2v) is 7.58. The molecule has 0 saturated carbocycles. The van der Waals surface area contributed by atoms with Gasteiger partial charge in [0.15, 0.2) is 11.5 Å². The Balaban J connectivity index is 1.39.